The summed E-state index contributed by atoms with van der Waals surface area (Å²) < 4.78 is 29.9. The number of rotatable bonds is 7. The van der Waals surface area contributed by atoms with Gasteiger partial charge in [0, 0.05) is 12.0 Å². The van der Waals surface area contributed by atoms with Gasteiger partial charge in [0.05, 0.1) is 43.9 Å². The largest absolute Gasteiger partial charge is 0.497 e. The van der Waals surface area contributed by atoms with Gasteiger partial charge in [0.15, 0.2) is 9.84 Å². The van der Waals surface area contributed by atoms with Crippen molar-refractivity contribution in [3.05, 3.63) is 60.2 Å². The number of nitrogens with one attached hydrogen (secondary N) is 1. The maximum atomic E-state index is 12.4. The van der Waals surface area contributed by atoms with Crippen molar-refractivity contribution < 1.29 is 22.8 Å². The van der Waals surface area contributed by atoms with E-state index in [1.165, 1.54) is 10.5 Å². The summed E-state index contributed by atoms with van der Waals surface area (Å²) in [5.41, 5.74) is 1.24. The number of sulfone groups is 1. The number of quaternary nitrogens is 1. The number of piperazine rings is 1. The lowest BCUT2D eigenvalue weighted by atomic mass is 10.2. The second kappa shape index (κ2) is 9.21. The minimum Gasteiger partial charge on any atom is -0.497 e. The summed E-state index contributed by atoms with van der Waals surface area (Å²) in [4.78, 5) is 15.9. The molecule has 1 aliphatic rings. The molecule has 3 rings (SSSR count). The van der Waals surface area contributed by atoms with E-state index in [2.05, 4.69) is 12.1 Å². The highest BCUT2D eigenvalue weighted by Gasteiger charge is 2.25. The normalized spacial score (nSPS) is 15.4. The van der Waals surface area contributed by atoms with Gasteiger partial charge >= 0.3 is 0 Å². The fraction of sp³-hybridized carbons (Fsp3) is 0.381. The highest BCUT2D eigenvalue weighted by Crippen LogP contribution is 2.12. The Morgan fingerprint density at radius 2 is 1.68 bits per heavy atom. The molecule has 0 unspecified atom stereocenters. The number of hydrogen-bond acceptors (Lipinski definition) is 4. The van der Waals surface area contributed by atoms with Crippen molar-refractivity contribution in [2.24, 2.45) is 0 Å². The average molecular weight is 404 g/mol. The number of carbonyl (C=O) groups is 1. The van der Waals surface area contributed by atoms with Gasteiger partial charge in [-0.3, -0.25) is 4.79 Å². The topological polar surface area (TPSA) is 68.1 Å². The third-order valence-corrected chi connectivity index (χ3v) is 6.86. The zero-order valence-electron chi connectivity index (χ0n) is 16.1. The van der Waals surface area contributed by atoms with E-state index in [-0.39, 0.29) is 23.0 Å². The van der Waals surface area contributed by atoms with E-state index in [4.69, 9.17) is 4.74 Å². The molecule has 1 heterocycles. The third kappa shape index (κ3) is 5.33. The average Bonchev–Trinajstić information content (AvgIpc) is 2.74. The zero-order valence-corrected chi connectivity index (χ0v) is 17.0. The number of amides is 1. The number of nitrogens with zero attached hydrogens (tertiary/aromatic N) is 1. The molecule has 2 aromatic rings. The first kappa shape index (κ1) is 20.4. The first-order valence-electron chi connectivity index (χ1n) is 9.50. The lowest BCUT2D eigenvalue weighted by Crippen LogP contribution is -3.13. The monoisotopic (exact) mass is 403 g/mol. The van der Waals surface area contributed by atoms with Gasteiger partial charge in [-0.25, -0.2) is 8.42 Å². The van der Waals surface area contributed by atoms with E-state index in [1.54, 1.807) is 42.3 Å². The Kier molecular flexibility index (Phi) is 6.70. The number of methoxy groups -OCH3 is 1. The molecule has 0 atom stereocenters. The van der Waals surface area contributed by atoms with Crippen LogP contribution in [-0.2, 0) is 21.2 Å². The van der Waals surface area contributed by atoms with Gasteiger partial charge < -0.3 is 14.5 Å². The van der Waals surface area contributed by atoms with Crippen LogP contribution in [0.4, 0.5) is 0 Å². The molecule has 0 aromatic heterocycles. The molecule has 28 heavy (non-hydrogen) atoms. The van der Waals surface area contributed by atoms with Gasteiger partial charge in [-0.2, -0.15) is 0 Å². The van der Waals surface area contributed by atoms with Crippen LogP contribution in [0.5, 0.6) is 5.75 Å². The molecule has 1 amide bonds. The fourth-order valence-electron chi connectivity index (χ4n) is 3.41. The summed E-state index contributed by atoms with van der Waals surface area (Å²) in [6.45, 7) is 3.96. The van der Waals surface area contributed by atoms with Crippen LogP contribution in [0.3, 0.4) is 0 Å². The standard InChI is InChI=1S/C21H26N2O4S/c1-27-19-9-7-18(8-10-19)17-22-12-14-23(15-13-22)21(24)11-16-28(25,26)20-5-3-2-4-6-20/h2-10H,11-17H2,1H3/p+1. The van der Waals surface area contributed by atoms with Gasteiger partial charge in [-0.15, -0.1) is 0 Å². The van der Waals surface area contributed by atoms with Gasteiger partial charge in [0.1, 0.15) is 12.3 Å². The third-order valence-electron chi connectivity index (χ3n) is 5.12. The van der Waals surface area contributed by atoms with Crippen LogP contribution in [0.1, 0.15) is 12.0 Å². The molecule has 6 nitrogen and oxygen atoms in total. The first-order valence-corrected chi connectivity index (χ1v) is 11.2. The number of hydrogen-bond donors (Lipinski definition) is 1. The number of benzene rings is 2. The highest BCUT2D eigenvalue weighted by molar-refractivity contribution is 7.91. The molecule has 1 aliphatic heterocycles. The van der Waals surface area contributed by atoms with Crippen molar-refractivity contribution in [3.63, 3.8) is 0 Å². The van der Waals surface area contributed by atoms with E-state index in [9.17, 15) is 13.2 Å². The molecule has 7 heteroatoms. The maximum absolute atomic E-state index is 12.4. The van der Waals surface area contributed by atoms with E-state index >= 15 is 0 Å². The van der Waals surface area contributed by atoms with Crippen LogP contribution < -0.4 is 9.64 Å². The Hall–Kier alpha value is -2.38. The van der Waals surface area contributed by atoms with E-state index in [1.807, 2.05) is 12.1 Å². The van der Waals surface area contributed by atoms with Gasteiger partial charge in [-0.05, 0) is 36.4 Å². The molecule has 1 saturated heterocycles. The lowest BCUT2D eigenvalue weighted by Gasteiger charge is -2.32. The second-order valence-corrected chi connectivity index (χ2v) is 9.15. The van der Waals surface area contributed by atoms with Gasteiger partial charge in [-0.1, -0.05) is 18.2 Å². The van der Waals surface area contributed by atoms with Crippen molar-refractivity contribution in [2.75, 3.05) is 39.0 Å². The Morgan fingerprint density at radius 1 is 1.04 bits per heavy atom. The van der Waals surface area contributed by atoms with Crippen molar-refractivity contribution in [1.29, 1.82) is 0 Å². The van der Waals surface area contributed by atoms with E-state index < -0.39 is 9.84 Å². The van der Waals surface area contributed by atoms with Crippen molar-refractivity contribution in [2.45, 2.75) is 17.9 Å². The molecule has 1 N–H and O–H groups in total. The molecule has 0 aliphatic carbocycles. The van der Waals surface area contributed by atoms with Crippen LogP contribution in [0.25, 0.3) is 0 Å². The maximum Gasteiger partial charge on any atom is 0.224 e. The molecule has 2 aromatic carbocycles. The fourth-order valence-corrected chi connectivity index (χ4v) is 4.66. The van der Waals surface area contributed by atoms with Crippen LogP contribution in [0.15, 0.2) is 59.5 Å². The van der Waals surface area contributed by atoms with Crippen LogP contribution in [0.2, 0.25) is 0 Å². The zero-order chi connectivity index (χ0) is 20.0. The second-order valence-electron chi connectivity index (χ2n) is 7.04. The summed E-state index contributed by atoms with van der Waals surface area (Å²) in [7, 11) is -1.76. The number of carbonyl (C=O) groups excluding carboxylic acids is 1. The predicted molar refractivity (Wildman–Crippen MR) is 107 cm³/mol. The molecule has 0 bridgehead atoms. The quantitative estimate of drug-likeness (QED) is 0.742. The minimum absolute atomic E-state index is 0.0328. The summed E-state index contributed by atoms with van der Waals surface area (Å²) >= 11 is 0. The summed E-state index contributed by atoms with van der Waals surface area (Å²) in [5, 5.41) is 0. The van der Waals surface area contributed by atoms with Crippen LogP contribution in [-0.4, -0.2) is 58.3 Å². The van der Waals surface area contributed by atoms with E-state index in [0.29, 0.717) is 13.1 Å². The Bertz CT molecular complexity index is 874. The highest BCUT2D eigenvalue weighted by atomic mass is 32.2. The van der Waals surface area contributed by atoms with Crippen molar-refractivity contribution >= 4 is 15.7 Å². The predicted octanol–water partition coefficient (Wildman–Crippen LogP) is 0.786. The molecule has 1 fully saturated rings. The summed E-state index contributed by atoms with van der Waals surface area (Å²) in [6.07, 6.45) is 0.0328. The Balaban J connectivity index is 1.45. The first-order chi connectivity index (χ1) is 13.5. The van der Waals surface area contributed by atoms with Crippen LogP contribution in [0, 0.1) is 0 Å². The summed E-state index contributed by atoms with van der Waals surface area (Å²) in [6, 6.07) is 16.4. The van der Waals surface area contributed by atoms with Gasteiger partial charge in [0.2, 0.25) is 5.91 Å². The molecular weight excluding hydrogens is 376 g/mol. The number of ether oxygens (including phenoxy) is 1. The SMILES string of the molecule is COc1ccc(C[NH+]2CCN(C(=O)CCS(=O)(=O)c3ccccc3)CC2)cc1. The van der Waals surface area contributed by atoms with Gasteiger partial charge in [0.25, 0.3) is 0 Å². The molecule has 0 radical (unpaired) electrons. The van der Waals surface area contributed by atoms with Crippen LogP contribution >= 0.6 is 0 Å². The molecule has 150 valence electrons. The molecule has 0 saturated carbocycles. The van der Waals surface area contributed by atoms with Crippen molar-refractivity contribution in [1.82, 2.24) is 4.90 Å². The smallest absolute Gasteiger partial charge is 0.224 e. The molecule has 0 spiro atoms. The van der Waals surface area contributed by atoms with E-state index in [0.717, 1.165) is 25.4 Å². The molecular formula is C21H27N2O4S+. The van der Waals surface area contributed by atoms with Crippen molar-refractivity contribution in [3.8, 4) is 5.75 Å². The lowest BCUT2D eigenvalue weighted by molar-refractivity contribution is -0.917. The minimum atomic E-state index is -3.41. The Labute approximate surface area is 166 Å². The Morgan fingerprint density at radius 3 is 2.29 bits per heavy atom. The summed E-state index contributed by atoms with van der Waals surface area (Å²) in [5.74, 6) is 0.622.